The standard InChI is InChI=1S/C18H19N5O/c1-18(2,3)23-17(24)13-6-12(8-20-9-13)11-4-5-15-14(7-11)16(19)22-10-21-15/h4-10H,1-3H3,(H,23,24)(H2,19,21,22). The van der Waals surface area contributed by atoms with Crippen molar-refractivity contribution >= 4 is 22.6 Å². The number of benzene rings is 1. The van der Waals surface area contributed by atoms with Crippen molar-refractivity contribution in [3.8, 4) is 11.1 Å². The van der Waals surface area contributed by atoms with E-state index in [2.05, 4.69) is 20.3 Å². The van der Waals surface area contributed by atoms with E-state index in [4.69, 9.17) is 5.73 Å². The number of anilines is 1. The van der Waals surface area contributed by atoms with Crippen molar-refractivity contribution in [2.45, 2.75) is 26.3 Å². The average molecular weight is 321 g/mol. The van der Waals surface area contributed by atoms with Crippen LogP contribution in [0.25, 0.3) is 22.0 Å². The summed E-state index contributed by atoms with van der Waals surface area (Å²) in [5, 5.41) is 3.71. The molecule has 1 amide bonds. The van der Waals surface area contributed by atoms with E-state index in [0.717, 1.165) is 22.0 Å². The van der Waals surface area contributed by atoms with Crippen molar-refractivity contribution in [3.05, 3.63) is 48.5 Å². The summed E-state index contributed by atoms with van der Waals surface area (Å²) in [5.74, 6) is 0.275. The molecule has 0 saturated heterocycles. The molecule has 0 aliphatic rings. The van der Waals surface area contributed by atoms with E-state index in [9.17, 15) is 4.79 Å². The molecule has 6 nitrogen and oxygen atoms in total. The number of hydrogen-bond acceptors (Lipinski definition) is 5. The molecule has 0 fully saturated rings. The second-order valence-electron chi connectivity index (χ2n) is 6.66. The highest BCUT2D eigenvalue weighted by Gasteiger charge is 2.16. The van der Waals surface area contributed by atoms with Gasteiger partial charge in [-0.1, -0.05) is 6.07 Å². The number of aromatic nitrogens is 3. The molecule has 3 N–H and O–H groups in total. The number of hydrogen-bond donors (Lipinski definition) is 2. The van der Waals surface area contributed by atoms with Crippen LogP contribution >= 0.6 is 0 Å². The summed E-state index contributed by atoms with van der Waals surface area (Å²) in [7, 11) is 0. The number of nitrogen functional groups attached to an aromatic ring is 1. The molecule has 0 saturated carbocycles. The topological polar surface area (TPSA) is 93.8 Å². The van der Waals surface area contributed by atoms with Gasteiger partial charge in [-0.2, -0.15) is 0 Å². The third-order valence-electron chi connectivity index (χ3n) is 3.49. The first-order valence-electron chi connectivity index (χ1n) is 7.62. The Bertz CT molecular complexity index is 915. The van der Waals surface area contributed by atoms with Crippen LogP contribution in [0.3, 0.4) is 0 Å². The van der Waals surface area contributed by atoms with Crippen molar-refractivity contribution in [2.24, 2.45) is 0 Å². The number of nitrogens with two attached hydrogens (primary N) is 1. The molecule has 0 radical (unpaired) electrons. The van der Waals surface area contributed by atoms with Crippen LogP contribution in [0.1, 0.15) is 31.1 Å². The van der Waals surface area contributed by atoms with Gasteiger partial charge in [0.05, 0.1) is 11.1 Å². The zero-order valence-electron chi connectivity index (χ0n) is 13.9. The minimum absolute atomic E-state index is 0.152. The maximum absolute atomic E-state index is 12.3. The van der Waals surface area contributed by atoms with Crippen LogP contribution in [0, 0.1) is 0 Å². The number of rotatable bonds is 2. The Morgan fingerprint density at radius 2 is 1.88 bits per heavy atom. The molecule has 3 rings (SSSR count). The molecule has 0 spiro atoms. The van der Waals surface area contributed by atoms with Gasteiger partial charge in [0.1, 0.15) is 12.1 Å². The predicted molar refractivity (Wildman–Crippen MR) is 94.4 cm³/mol. The number of amides is 1. The van der Waals surface area contributed by atoms with Gasteiger partial charge in [0.25, 0.3) is 5.91 Å². The monoisotopic (exact) mass is 321 g/mol. The molecule has 3 aromatic rings. The lowest BCUT2D eigenvalue weighted by Gasteiger charge is -2.20. The lowest BCUT2D eigenvalue weighted by atomic mass is 10.0. The van der Waals surface area contributed by atoms with Gasteiger partial charge in [-0.25, -0.2) is 9.97 Å². The largest absolute Gasteiger partial charge is 0.383 e. The number of carbonyl (C=O) groups excluding carboxylic acids is 1. The molecule has 122 valence electrons. The maximum atomic E-state index is 12.3. The van der Waals surface area contributed by atoms with Crippen LogP contribution in [0.15, 0.2) is 43.0 Å². The van der Waals surface area contributed by atoms with Gasteiger partial charge in [0, 0.05) is 28.9 Å². The fraction of sp³-hybridized carbons (Fsp3) is 0.222. The van der Waals surface area contributed by atoms with E-state index in [1.54, 1.807) is 12.4 Å². The van der Waals surface area contributed by atoms with Crippen LogP contribution in [0.5, 0.6) is 0 Å². The molecule has 0 aliphatic carbocycles. The van der Waals surface area contributed by atoms with E-state index in [1.165, 1.54) is 6.33 Å². The summed E-state index contributed by atoms with van der Waals surface area (Å²) >= 11 is 0. The van der Waals surface area contributed by atoms with Gasteiger partial charge < -0.3 is 11.1 Å². The summed E-state index contributed by atoms with van der Waals surface area (Å²) in [5.41, 5.74) is 8.65. The smallest absolute Gasteiger partial charge is 0.253 e. The highest BCUT2D eigenvalue weighted by molar-refractivity contribution is 5.96. The molecule has 6 heteroatoms. The number of nitrogens with zero attached hydrogens (tertiary/aromatic N) is 3. The molecule has 2 heterocycles. The van der Waals surface area contributed by atoms with E-state index in [-0.39, 0.29) is 11.4 Å². The highest BCUT2D eigenvalue weighted by atomic mass is 16.1. The number of carbonyl (C=O) groups is 1. The summed E-state index contributed by atoms with van der Waals surface area (Å²) in [6.45, 7) is 5.82. The molecule has 24 heavy (non-hydrogen) atoms. The first kappa shape index (κ1) is 15.9. The third-order valence-corrected chi connectivity index (χ3v) is 3.49. The van der Waals surface area contributed by atoms with Gasteiger partial charge in [-0.3, -0.25) is 9.78 Å². The molecule has 1 aromatic carbocycles. The molecule has 0 atom stereocenters. The summed E-state index contributed by atoms with van der Waals surface area (Å²) in [6, 6.07) is 7.53. The van der Waals surface area contributed by atoms with Gasteiger partial charge in [0.15, 0.2) is 0 Å². The first-order chi connectivity index (χ1) is 11.3. The van der Waals surface area contributed by atoms with Gasteiger partial charge >= 0.3 is 0 Å². The Labute approximate surface area is 140 Å². The number of nitrogens with one attached hydrogen (secondary N) is 1. The van der Waals surface area contributed by atoms with Crippen molar-refractivity contribution in [2.75, 3.05) is 5.73 Å². The van der Waals surface area contributed by atoms with Crippen molar-refractivity contribution in [1.82, 2.24) is 20.3 Å². The second-order valence-corrected chi connectivity index (χ2v) is 6.66. The Kier molecular flexibility index (Phi) is 3.89. The lowest BCUT2D eigenvalue weighted by molar-refractivity contribution is 0.0919. The van der Waals surface area contributed by atoms with Crippen molar-refractivity contribution in [3.63, 3.8) is 0 Å². The zero-order chi connectivity index (χ0) is 17.3. The van der Waals surface area contributed by atoms with Crippen molar-refractivity contribution in [1.29, 1.82) is 0 Å². The van der Waals surface area contributed by atoms with Crippen LogP contribution in [0.2, 0.25) is 0 Å². The van der Waals surface area contributed by atoms with Gasteiger partial charge in [-0.15, -0.1) is 0 Å². The van der Waals surface area contributed by atoms with E-state index < -0.39 is 0 Å². The normalized spacial score (nSPS) is 11.5. The predicted octanol–water partition coefficient (Wildman–Crippen LogP) is 2.80. The van der Waals surface area contributed by atoms with Gasteiger partial charge in [-0.05, 0) is 44.5 Å². The van der Waals surface area contributed by atoms with Crippen LogP contribution in [0.4, 0.5) is 5.82 Å². The van der Waals surface area contributed by atoms with Gasteiger partial charge in [0.2, 0.25) is 0 Å². The molecule has 2 aromatic heterocycles. The molecular formula is C18H19N5O. The Morgan fingerprint density at radius 3 is 2.62 bits per heavy atom. The van der Waals surface area contributed by atoms with Crippen LogP contribution in [-0.4, -0.2) is 26.4 Å². The molecule has 0 aliphatic heterocycles. The maximum Gasteiger partial charge on any atom is 0.253 e. The first-order valence-corrected chi connectivity index (χ1v) is 7.62. The molecule has 0 bridgehead atoms. The minimum Gasteiger partial charge on any atom is -0.383 e. The summed E-state index contributed by atoms with van der Waals surface area (Å²) in [4.78, 5) is 24.7. The minimum atomic E-state index is -0.304. The lowest BCUT2D eigenvalue weighted by Crippen LogP contribution is -2.40. The second kappa shape index (κ2) is 5.88. The number of pyridine rings is 1. The Morgan fingerprint density at radius 1 is 1.08 bits per heavy atom. The van der Waals surface area contributed by atoms with E-state index in [1.807, 2.05) is 45.0 Å². The zero-order valence-corrected chi connectivity index (χ0v) is 13.9. The Hall–Kier alpha value is -3.02. The van der Waals surface area contributed by atoms with E-state index >= 15 is 0 Å². The van der Waals surface area contributed by atoms with Crippen LogP contribution in [-0.2, 0) is 0 Å². The number of fused-ring (bicyclic) bond motifs is 1. The average Bonchev–Trinajstić information content (AvgIpc) is 2.53. The molecule has 0 unspecified atom stereocenters. The third kappa shape index (κ3) is 3.32. The fourth-order valence-corrected chi connectivity index (χ4v) is 2.39. The summed E-state index contributed by atoms with van der Waals surface area (Å²) < 4.78 is 0. The summed E-state index contributed by atoms with van der Waals surface area (Å²) in [6.07, 6.45) is 4.72. The van der Waals surface area contributed by atoms with Crippen LogP contribution < -0.4 is 11.1 Å². The highest BCUT2D eigenvalue weighted by Crippen LogP contribution is 2.25. The van der Waals surface area contributed by atoms with Crippen molar-refractivity contribution < 1.29 is 4.79 Å². The van der Waals surface area contributed by atoms with E-state index in [0.29, 0.717) is 11.4 Å². The quantitative estimate of drug-likeness (QED) is 0.757. The Balaban J connectivity index is 2.00. The SMILES string of the molecule is CC(C)(C)NC(=O)c1cncc(-c2ccc3ncnc(N)c3c2)c1. The fourth-order valence-electron chi connectivity index (χ4n) is 2.39. The molecular weight excluding hydrogens is 302 g/mol.